The van der Waals surface area contributed by atoms with Gasteiger partial charge in [0.1, 0.15) is 0 Å². The fraction of sp³-hybridized carbons (Fsp3) is 1.00. The Labute approximate surface area is 128 Å². The lowest BCUT2D eigenvalue weighted by Crippen LogP contribution is -2.48. The van der Waals surface area contributed by atoms with E-state index in [4.69, 9.17) is 4.74 Å². The molecule has 2 saturated heterocycles. The fourth-order valence-electron chi connectivity index (χ4n) is 4.60. The molecule has 0 amide bonds. The highest BCUT2D eigenvalue weighted by Gasteiger charge is 2.44. The Balaban J connectivity index is 1.63. The largest absolute Gasteiger partial charge is 0.374 e. The molecule has 3 fully saturated rings. The van der Waals surface area contributed by atoms with E-state index >= 15 is 0 Å². The Hall–Kier alpha value is 0.270. The standard InChI is InChI=1S/C17H31NOS/c1-2-9-18-16-6-4-3-5-15(16)14-7-10-19-17(12-14)8-11-20-13-17/h14-16,18H,2-13H2,1H3. The summed E-state index contributed by atoms with van der Waals surface area (Å²) in [5, 5.41) is 3.85. The van der Waals surface area contributed by atoms with E-state index in [1.165, 1.54) is 69.4 Å². The van der Waals surface area contributed by atoms with Crippen molar-refractivity contribution in [1.29, 1.82) is 0 Å². The molecule has 2 aliphatic heterocycles. The van der Waals surface area contributed by atoms with Gasteiger partial charge in [-0.25, -0.2) is 0 Å². The van der Waals surface area contributed by atoms with Crippen LogP contribution >= 0.6 is 11.8 Å². The van der Waals surface area contributed by atoms with Gasteiger partial charge in [-0.05, 0) is 62.7 Å². The first-order valence-corrected chi connectivity index (χ1v) is 9.93. The van der Waals surface area contributed by atoms with E-state index in [2.05, 4.69) is 24.0 Å². The van der Waals surface area contributed by atoms with Crippen LogP contribution in [0.25, 0.3) is 0 Å². The first kappa shape index (κ1) is 15.2. The van der Waals surface area contributed by atoms with Crippen LogP contribution in [0.2, 0.25) is 0 Å². The quantitative estimate of drug-likeness (QED) is 0.851. The van der Waals surface area contributed by atoms with Crippen molar-refractivity contribution in [1.82, 2.24) is 5.32 Å². The molecule has 1 N–H and O–H groups in total. The average molecular weight is 298 g/mol. The van der Waals surface area contributed by atoms with Crippen LogP contribution in [0.3, 0.4) is 0 Å². The number of hydrogen-bond donors (Lipinski definition) is 1. The lowest BCUT2D eigenvalue weighted by Gasteiger charge is -2.45. The van der Waals surface area contributed by atoms with Gasteiger partial charge in [-0.3, -0.25) is 0 Å². The third-order valence-electron chi connectivity index (χ3n) is 5.68. The number of rotatable bonds is 4. The van der Waals surface area contributed by atoms with E-state index in [-0.39, 0.29) is 5.60 Å². The van der Waals surface area contributed by atoms with E-state index in [1.807, 2.05) is 0 Å². The zero-order valence-corrected chi connectivity index (χ0v) is 13.9. The second kappa shape index (κ2) is 7.02. The van der Waals surface area contributed by atoms with Crippen molar-refractivity contribution in [2.24, 2.45) is 11.8 Å². The Kier molecular flexibility index (Phi) is 5.33. The maximum absolute atomic E-state index is 6.22. The summed E-state index contributed by atoms with van der Waals surface area (Å²) in [6, 6.07) is 0.790. The molecule has 4 atom stereocenters. The molecular formula is C17H31NOS. The van der Waals surface area contributed by atoms with E-state index in [1.54, 1.807) is 0 Å². The highest BCUT2D eigenvalue weighted by atomic mass is 32.2. The molecule has 2 nitrogen and oxygen atoms in total. The van der Waals surface area contributed by atoms with Gasteiger partial charge in [0.05, 0.1) is 5.60 Å². The number of ether oxygens (including phenoxy) is 1. The Morgan fingerprint density at radius 1 is 1.25 bits per heavy atom. The molecule has 3 aliphatic rings. The monoisotopic (exact) mass is 297 g/mol. The van der Waals surface area contributed by atoms with Gasteiger partial charge in [0.2, 0.25) is 0 Å². The predicted molar refractivity (Wildman–Crippen MR) is 87.4 cm³/mol. The predicted octanol–water partition coefficient (Wildman–Crippen LogP) is 3.85. The highest BCUT2D eigenvalue weighted by Crippen LogP contribution is 2.45. The van der Waals surface area contributed by atoms with Crippen LogP contribution in [0.5, 0.6) is 0 Å². The van der Waals surface area contributed by atoms with Crippen molar-refractivity contribution in [3.05, 3.63) is 0 Å². The molecular weight excluding hydrogens is 266 g/mol. The van der Waals surface area contributed by atoms with Gasteiger partial charge in [0.15, 0.2) is 0 Å². The molecule has 3 rings (SSSR count). The van der Waals surface area contributed by atoms with Crippen molar-refractivity contribution in [3.8, 4) is 0 Å². The molecule has 1 saturated carbocycles. The Bertz CT molecular complexity index is 303. The number of nitrogens with one attached hydrogen (secondary N) is 1. The summed E-state index contributed by atoms with van der Waals surface area (Å²) in [6.07, 6.45) is 11.0. The summed E-state index contributed by atoms with van der Waals surface area (Å²) in [7, 11) is 0. The summed E-state index contributed by atoms with van der Waals surface area (Å²) in [5.74, 6) is 4.40. The topological polar surface area (TPSA) is 21.3 Å². The molecule has 3 heteroatoms. The second-order valence-electron chi connectivity index (χ2n) is 7.10. The van der Waals surface area contributed by atoms with Gasteiger partial charge in [0.25, 0.3) is 0 Å². The Morgan fingerprint density at radius 3 is 2.95 bits per heavy atom. The third-order valence-corrected chi connectivity index (χ3v) is 6.90. The van der Waals surface area contributed by atoms with Gasteiger partial charge in [-0.15, -0.1) is 0 Å². The summed E-state index contributed by atoms with van der Waals surface area (Å²) in [6.45, 7) is 4.50. The maximum atomic E-state index is 6.22. The molecule has 0 radical (unpaired) electrons. The minimum Gasteiger partial charge on any atom is -0.374 e. The van der Waals surface area contributed by atoms with Crippen molar-refractivity contribution >= 4 is 11.8 Å². The smallest absolute Gasteiger partial charge is 0.0783 e. The van der Waals surface area contributed by atoms with Crippen LogP contribution in [0, 0.1) is 11.8 Å². The summed E-state index contributed by atoms with van der Waals surface area (Å²) in [4.78, 5) is 0. The third kappa shape index (κ3) is 3.36. The summed E-state index contributed by atoms with van der Waals surface area (Å²) < 4.78 is 6.22. The highest BCUT2D eigenvalue weighted by molar-refractivity contribution is 7.99. The molecule has 0 aromatic heterocycles. The zero-order chi connectivity index (χ0) is 13.8. The van der Waals surface area contributed by atoms with Crippen molar-refractivity contribution in [2.45, 2.75) is 69.9 Å². The van der Waals surface area contributed by atoms with Gasteiger partial charge in [0, 0.05) is 18.4 Å². The molecule has 4 unspecified atom stereocenters. The van der Waals surface area contributed by atoms with E-state index in [0.717, 1.165) is 24.5 Å². The maximum Gasteiger partial charge on any atom is 0.0783 e. The van der Waals surface area contributed by atoms with Crippen LogP contribution in [0.4, 0.5) is 0 Å². The van der Waals surface area contributed by atoms with Crippen LogP contribution in [0.15, 0.2) is 0 Å². The minimum absolute atomic E-state index is 0.264. The van der Waals surface area contributed by atoms with E-state index in [0.29, 0.717) is 0 Å². The number of thioether (sulfide) groups is 1. The van der Waals surface area contributed by atoms with Crippen LogP contribution < -0.4 is 5.32 Å². The van der Waals surface area contributed by atoms with Gasteiger partial charge in [-0.1, -0.05) is 19.8 Å². The summed E-state index contributed by atoms with van der Waals surface area (Å²) >= 11 is 2.10. The summed E-state index contributed by atoms with van der Waals surface area (Å²) in [5.41, 5.74) is 0.264. The lowest BCUT2D eigenvalue weighted by atomic mass is 9.70. The van der Waals surface area contributed by atoms with Gasteiger partial charge in [-0.2, -0.15) is 11.8 Å². The molecule has 20 heavy (non-hydrogen) atoms. The van der Waals surface area contributed by atoms with Crippen molar-refractivity contribution in [3.63, 3.8) is 0 Å². The van der Waals surface area contributed by atoms with E-state index in [9.17, 15) is 0 Å². The van der Waals surface area contributed by atoms with Crippen LogP contribution in [0.1, 0.15) is 58.3 Å². The Morgan fingerprint density at radius 2 is 2.15 bits per heavy atom. The van der Waals surface area contributed by atoms with Crippen LogP contribution in [-0.4, -0.2) is 36.3 Å². The average Bonchev–Trinajstić information content (AvgIpc) is 2.93. The number of hydrogen-bond acceptors (Lipinski definition) is 3. The molecule has 0 bridgehead atoms. The normalized spacial score (nSPS) is 42.1. The SMILES string of the molecule is CCCNC1CCCCC1C1CCOC2(CCSC2)C1. The molecule has 0 aromatic carbocycles. The van der Waals surface area contributed by atoms with Crippen molar-refractivity contribution in [2.75, 3.05) is 24.7 Å². The fourth-order valence-corrected chi connectivity index (χ4v) is 5.98. The molecule has 1 spiro atoms. The minimum atomic E-state index is 0.264. The molecule has 1 aliphatic carbocycles. The molecule has 0 aromatic rings. The van der Waals surface area contributed by atoms with Crippen molar-refractivity contribution < 1.29 is 4.74 Å². The van der Waals surface area contributed by atoms with Gasteiger partial charge < -0.3 is 10.1 Å². The zero-order valence-electron chi connectivity index (χ0n) is 13.0. The molecule has 116 valence electrons. The van der Waals surface area contributed by atoms with E-state index < -0.39 is 0 Å². The van der Waals surface area contributed by atoms with Crippen LogP contribution in [-0.2, 0) is 4.74 Å². The first-order chi connectivity index (χ1) is 9.83. The first-order valence-electron chi connectivity index (χ1n) is 8.78. The van der Waals surface area contributed by atoms with Gasteiger partial charge >= 0.3 is 0 Å². The molecule has 2 heterocycles. The lowest BCUT2D eigenvalue weighted by molar-refractivity contribution is -0.0941. The second-order valence-corrected chi connectivity index (χ2v) is 8.20.